The number of hydrogen-bond donors (Lipinski definition) is 1. The van der Waals surface area contributed by atoms with Gasteiger partial charge in [0.2, 0.25) is 0 Å². The van der Waals surface area contributed by atoms with Crippen LogP contribution in [0.5, 0.6) is 0 Å². The zero-order valence-electron chi connectivity index (χ0n) is 11.3. The van der Waals surface area contributed by atoms with E-state index < -0.39 is 0 Å². The van der Waals surface area contributed by atoms with Crippen molar-refractivity contribution in [2.75, 3.05) is 33.8 Å². The average Bonchev–Trinajstić information content (AvgIpc) is 2.78. The minimum absolute atomic E-state index is 0.495. The summed E-state index contributed by atoms with van der Waals surface area (Å²) in [6.07, 6.45) is 2.60. The van der Waals surface area contributed by atoms with E-state index >= 15 is 0 Å². The van der Waals surface area contributed by atoms with E-state index in [2.05, 4.69) is 15.4 Å². The predicted molar refractivity (Wildman–Crippen MR) is 69.1 cm³/mol. The zero-order valence-corrected chi connectivity index (χ0v) is 11.3. The number of piperidine rings is 1. The van der Waals surface area contributed by atoms with Crippen molar-refractivity contribution >= 4 is 0 Å². The molecule has 0 aliphatic carbocycles. The lowest BCUT2D eigenvalue weighted by atomic mass is 9.98. The van der Waals surface area contributed by atoms with Crippen LogP contribution in [-0.4, -0.2) is 43.8 Å². The quantitative estimate of drug-likeness (QED) is 0.827. The predicted octanol–water partition coefficient (Wildman–Crippen LogP) is 1.25. The molecule has 5 heteroatoms. The largest absolute Gasteiger partial charge is 0.377 e. The summed E-state index contributed by atoms with van der Waals surface area (Å²) in [5.41, 5.74) is 1.01. The maximum Gasteiger partial charge on any atom is 0.162 e. The van der Waals surface area contributed by atoms with Crippen LogP contribution in [0.2, 0.25) is 0 Å². The Morgan fingerprint density at radius 1 is 1.61 bits per heavy atom. The van der Waals surface area contributed by atoms with Gasteiger partial charge in [0.05, 0.1) is 5.69 Å². The highest BCUT2D eigenvalue weighted by Gasteiger charge is 2.20. The van der Waals surface area contributed by atoms with Crippen molar-refractivity contribution in [1.29, 1.82) is 0 Å². The van der Waals surface area contributed by atoms with Crippen LogP contribution in [0.15, 0.2) is 10.6 Å². The van der Waals surface area contributed by atoms with Crippen LogP contribution >= 0.6 is 0 Å². The van der Waals surface area contributed by atoms with Crippen molar-refractivity contribution in [2.45, 2.75) is 26.0 Å². The third kappa shape index (κ3) is 3.80. The molecule has 2 heterocycles. The summed E-state index contributed by atoms with van der Waals surface area (Å²) in [5, 5.41) is 7.35. The number of likely N-dealkylation sites (tertiary alicyclic amines) is 1. The van der Waals surface area contributed by atoms with Crippen molar-refractivity contribution in [2.24, 2.45) is 5.92 Å². The summed E-state index contributed by atoms with van der Waals surface area (Å²) >= 11 is 0. The van der Waals surface area contributed by atoms with Gasteiger partial charge in [0, 0.05) is 26.3 Å². The van der Waals surface area contributed by atoms with E-state index in [0.717, 1.165) is 43.6 Å². The molecule has 5 nitrogen and oxygen atoms in total. The summed E-state index contributed by atoms with van der Waals surface area (Å²) in [6, 6.07) is 1.99. The first-order valence-electron chi connectivity index (χ1n) is 6.62. The van der Waals surface area contributed by atoms with Gasteiger partial charge in [0.25, 0.3) is 0 Å². The van der Waals surface area contributed by atoms with Gasteiger partial charge in [-0.3, -0.25) is 4.90 Å². The van der Waals surface area contributed by atoms with E-state index in [4.69, 9.17) is 9.26 Å². The summed E-state index contributed by atoms with van der Waals surface area (Å²) in [6.45, 7) is 4.78. The van der Waals surface area contributed by atoms with Gasteiger partial charge >= 0.3 is 0 Å². The maximum absolute atomic E-state index is 5.21. The molecular formula is C13H23N3O2. The molecule has 1 fully saturated rings. The molecule has 1 aromatic rings. The molecule has 1 aromatic heterocycles. The highest BCUT2D eigenvalue weighted by Crippen LogP contribution is 2.18. The highest BCUT2D eigenvalue weighted by atomic mass is 16.5. The second kappa shape index (κ2) is 6.87. The first-order valence-corrected chi connectivity index (χ1v) is 6.62. The second-order valence-corrected chi connectivity index (χ2v) is 5.02. The Morgan fingerprint density at radius 3 is 3.28 bits per heavy atom. The van der Waals surface area contributed by atoms with Crippen LogP contribution in [0, 0.1) is 5.92 Å². The van der Waals surface area contributed by atoms with Crippen molar-refractivity contribution in [3.63, 3.8) is 0 Å². The fourth-order valence-corrected chi connectivity index (χ4v) is 2.62. The third-order valence-corrected chi connectivity index (χ3v) is 3.38. The van der Waals surface area contributed by atoms with Gasteiger partial charge in [-0.25, -0.2) is 0 Å². The van der Waals surface area contributed by atoms with Crippen molar-refractivity contribution in [1.82, 2.24) is 15.4 Å². The van der Waals surface area contributed by atoms with Gasteiger partial charge in [-0.1, -0.05) is 5.16 Å². The van der Waals surface area contributed by atoms with Gasteiger partial charge in [0.1, 0.15) is 6.61 Å². The SMILES string of the molecule is CNCC1CCCN(Cc2cc(COC)on2)C1. The number of rotatable bonds is 6. The Kier molecular flexibility index (Phi) is 5.16. The minimum atomic E-state index is 0.495. The van der Waals surface area contributed by atoms with Crippen LogP contribution in [0.4, 0.5) is 0 Å². The normalized spacial score (nSPS) is 21.3. The number of hydrogen-bond acceptors (Lipinski definition) is 5. The van der Waals surface area contributed by atoms with Crippen molar-refractivity contribution < 1.29 is 9.26 Å². The van der Waals surface area contributed by atoms with E-state index in [1.165, 1.54) is 12.8 Å². The van der Waals surface area contributed by atoms with E-state index in [0.29, 0.717) is 6.61 Å². The standard InChI is InChI=1S/C13H23N3O2/c1-14-7-11-4-3-5-16(8-11)9-12-6-13(10-17-2)18-15-12/h6,11,14H,3-5,7-10H2,1-2H3. The Hall–Kier alpha value is -0.910. The monoisotopic (exact) mass is 253 g/mol. The molecule has 0 saturated carbocycles. The molecule has 0 amide bonds. The first kappa shape index (κ1) is 13.5. The molecule has 2 rings (SSSR count). The molecule has 1 aliphatic rings. The van der Waals surface area contributed by atoms with E-state index in [1.54, 1.807) is 7.11 Å². The van der Waals surface area contributed by atoms with Crippen LogP contribution in [-0.2, 0) is 17.9 Å². The lowest BCUT2D eigenvalue weighted by Crippen LogP contribution is -2.38. The van der Waals surface area contributed by atoms with Crippen LogP contribution in [0.3, 0.4) is 0 Å². The summed E-state index contributed by atoms with van der Waals surface area (Å²) in [7, 11) is 3.68. The molecule has 102 valence electrons. The van der Waals surface area contributed by atoms with Gasteiger partial charge in [-0.05, 0) is 38.9 Å². The Bertz CT molecular complexity index is 352. The number of ether oxygens (including phenoxy) is 1. The molecule has 0 spiro atoms. The van der Waals surface area contributed by atoms with Crippen molar-refractivity contribution in [3.05, 3.63) is 17.5 Å². The number of nitrogens with one attached hydrogen (secondary N) is 1. The average molecular weight is 253 g/mol. The summed E-state index contributed by atoms with van der Waals surface area (Å²) < 4.78 is 10.2. The smallest absolute Gasteiger partial charge is 0.162 e. The van der Waals surface area contributed by atoms with Crippen LogP contribution < -0.4 is 5.32 Å². The van der Waals surface area contributed by atoms with E-state index in [1.807, 2.05) is 13.1 Å². The fourth-order valence-electron chi connectivity index (χ4n) is 2.62. The van der Waals surface area contributed by atoms with Gasteiger partial charge < -0.3 is 14.6 Å². The second-order valence-electron chi connectivity index (χ2n) is 5.02. The molecule has 1 aliphatic heterocycles. The van der Waals surface area contributed by atoms with E-state index in [9.17, 15) is 0 Å². The van der Waals surface area contributed by atoms with Gasteiger partial charge in [-0.2, -0.15) is 0 Å². The molecule has 0 aromatic carbocycles. The zero-order chi connectivity index (χ0) is 12.8. The van der Waals surface area contributed by atoms with Crippen molar-refractivity contribution in [3.8, 4) is 0 Å². The Balaban J connectivity index is 1.84. The topological polar surface area (TPSA) is 50.5 Å². The first-order chi connectivity index (χ1) is 8.81. The fraction of sp³-hybridized carbons (Fsp3) is 0.769. The molecule has 1 atom stereocenters. The molecule has 18 heavy (non-hydrogen) atoms. The van der Waals surface area contributed by atoms with Crippen LogP contribution in [0.1, 0.15) is 24.3 Å². The number of methoxy groups -OCH3 is 1. The lowest BCUT2D eigenvalue weighted by molar-refractivity contribution is 0.153. The third-order valence-electron chi connectivity index (χ3n) is 3.38. The molecule has 0 radical (unpaired) electrons. The van der Waals surface area contributed by atoms with Crippen LogP contribution in [0.25, 0.3) is 0 Å². The molecule has 1 saturated heterocycles. The maximum atomic E-state index is 5.21. The highest BCUT2D eigenvalue weighted by molar-refractivity contribution is 5.04. The Labute approximate surface area is 108 Å². The summed E-state index contributed by atoms with van der Waals surface area (Å²) in [4.78, 5) is 2.46. The molecule has 1 N–H and O–H groups in total. The Morgan fingerprint density at radius 2 is 2.50 bits per heavy atom. The lowest BCUT2D eigenvalue weighted by Gasteiger charge is -2.31. The van der Waals surface area contributed by atoms with E-state index in [-0.39, 0.29) is 0 Å². The molecule has 1 unspecified atom stereocenters. The van der Waals surface area contributed by atoms with Gasteiger partial charge in [0.15, 0.2) is 5.76 Å². The van der Waals surface area contributed by atoms with Gasteiger partial charge in [-0.15, -0.1) is 0 Å². The number of aromatic nitrogens is 1. The minimum Gasteiger partial charge on any atom is -0.377 e. The molecular weight excluding hydrogens is 230 g/mol. The molecule has 0 bridgehead atoms. The summed E-state index contributed by atoms with van der Waals surface area (Å²) in [5.74, 6) is 1.56. The number of nitrogens with zero attached hydrogens (tertiary/aromatic N) is 2.